The Morgan fingerprint density at radius 3 is 2.40 bits per heavy atom. The first-order valence-corrected chi connectivity index (χ1v) is 11.6. The molecule has 0 bridgehead atoms. The second kappa shape index (κ2) is 8.24. The molecule has 8 heteroatoms. The molecular weight excluding hydrogens is 429 g/mol. The highest BCUT2D eigenvalue weighted by Gasteiger charge is 2.35. The summed E-state index contributed by atoms with van der Waals surface area (Å²) in [6, 6.07) is 15.5. The first-order valence-electron chi connectivity index (χ1n) is 9.42. The van der Waals surface area contributed by atoms with Crippen LogP contribution in [0, 0.1) is 5.82 Å². The monoisotopic (exact) mass is 447 g/mol. The maximum Gasteiger partial charge on any atom is 0.254 e. The Morgan fingerprint density at radius 2 is 1.77 bits per heavy atom. The molecule has 156 valence electrons. The highest BCUT2D eigenvalue weighted by atomic mass is 35.5. The first-order chi connectivity index (χ1) is 14.3. The number of carbonyl (C=O) groups excluding carboxylic acids is 1. The third kappa shape index (κ3) is 4.57. The average Bonchev–Trinajstić information content (AvgIpc) is 3.33. The Hall–Kier alpha value is -2.64. The van der Waals surface area contributed by atoms with E-state index in [-0.39, 0.29) is 24.0 Å². The predicted molar refractivity (Wildman–Crippen MR) is 112 cm³/mol. The van der Waals surface area contributed by atoms with Gasteiger partial charge in [-0.25, -0.2) is 12.8 Å². The standard InChI is InChI=1S/C22H19ClFNO4S/c23-17-5-1-15(2-6-17)21-10-9-20(29-21)13-25(19-11-12-30(27,28)14-19)22(26)16-3-7-18(24)8-4-16/h1-10,19H,11-14H2/t19-/m0/s1. The normalized spacial score (nSPS) is 17.7. The van der Waals surface area contributed by atoms with Crippen molar-refractivity contribution in [3.63, 3.8) is 0 Å². The van der Waals surface area contributed by atoms with Gasteiger partial charge < -0.3 is 9.32 Å². The number of benzene rings is 2. The molecule has 2 aromatic carbocycles. The molecule has 1 saturated heterocycles. The molecule has 2 heterocycles. The van der Waals surface area contributed by atoms with Crippen LogP contribution < -0.4 is 0 Å². The Labute approximate surface area is 179 Å². The molecule has 1 amide bonds. The Balaban J connectivity index is 1.61. The highest BCUT2D eigenvalue weighted by molar-refractivity contribution is 7.91. The van der Waals surface area contributed by atoms with Gasteiger partial charge in [0.25, 0.3) is 5.91 Å². The molecule has 1 atom stereocenters. The maximum atomic E-state index is 13.3. The number of hydrogen-bond donors (Lipinski definition) is 0. The summed E-state index contributed by atoms with van der Waals surface area (Å²) in [5.41, 5.74) is 1.13. The van der Waals surface area contributed by atoms with Crippen molar-refractivity contribution in [2.24, 2.45) is 0 Å². The molecule has 1 aliphatic rings. The van der Waals surface area contributed by atoms with E-state index in [2.05, 4.69) is 0 Å². The fraction of sp³-hybridized carbons (Fsp3) is 0.227. The maximum absolute atomic E-state index is 13.3. The van der Waals surface area contributed by atoms with Crippen molar-refractivity contribution in [3.05, 3.63) is 82.8 Å². The van der Waals surface area contributed by atoms with Crippen molar-refractivity contribution in [2.75, 3.05) is 11.5 Å². The van der Waals surface area contributed by atoms with Crippen LogP contribution in [0.15, 0.2) is 65.1 Å². The predicted octanol–water partition coefficient (Wildman–Crippen LogP) is 4.57. The number of sulfone groups is 1. The fourth-order valence-corrected chi connectivity index (χ4v) is 5.40. The lowest BCUT2D eigenvalue weighted by molar-refractivity contribution is 0.0666. The summed E-state index contributed by atoms with van der Waals surface area (Å²) in [6.45, 7) is 0.115. The van der Waals surface area contributed by atoms with Crippen molar-refractivity contribution in [1.82, 2.24) is 4.90 Å². The third-order valence-corrected chi connectivity index (χ3v) is 7.12. The van der Waals surface area contributed by atoms with Gasteiger partial charge in [-0.15, -0.1) is 0 Å². The number of carbonyl (C=O) groups is 1. The van der Waals surface area contributed by atoms with E-state index >= 15 is 0 Å². The third-order valence-electron chi connectivity index (χ3n) is 5.12. The van der Waals surface area contributed by atoms with E-state index < -0.39 is 21.7 Å². The molecule has 1 aliphatic heterocycles. The van der Waals surface area contributed by atoms with Crippen LogP contribution in [-0.4, -0.2) is 36.8 Å². The lowest BCUT2D eigenvalue weighted by Crippen LogP contribution is -2.40. The molecule has 30 heavy (non-hydrogen) atoms. The molecule has 0 N–H and O–H groups in total. The molecule has 0 unspecified atom stereocenters. The molecule has 1 aromatic heterocycles. The van der Waals surface area contributed by atoms with E-state index in [9.17, 15) is 17.6 Å². The quantitative estimate of drug-likeness (QED) is 0.574. The fourth-order valence-electron chi connectivity index (χ4n) is 3.55. The van der Waals surface area contributed by atoms with Gasteiger partial charge in [0, 0.05) is 22.2 Å². The van der Waals surface area contributed by atoms with Crippen LogP contribution in [0.3, 0.4) is 0 Å². The van der Waals surface area contributed by atoms with Gasteiger partial charge in [0.05, 0.1) is 18.1 Å². The second-order valence-electron chi connectivity index (χ2n) is 7.27. The van der Waals surface area contributed by atoms with Crippen molar-refractivity contribution in [3.8, 4) is 11.3 Å². The highest BCUT2D eigenvalue weighted by Crippen LogP contribution is 2.27. The molecule has 4 rings (SSSR count). The van der Waals surface area contributed by atoms with Crippen LogP contribution >= 0.6 is 11.6 Å². The summed E-state index contributed by atoms with van der Waals surface area (Å²) in [5.74, 6) is 0.292. The summed E-state index contributed by atoms with van der Waals surface area (Å²) in [7, 11) is -3.19. The zero-order valence-corrected chi connectivity index (χ0v) is 17.5. The van der Waals surface area contributed by atoms with Crippen molar-refractivity contribution in [1.29, 1.82) is 0 Å². The van der Waals surface area contributed by atoms with E-state index in [1.54, 1.807) is 24.3 Å². The first kappa shape index (κ1) is 20.6. The number of halogens is 2. The molecule has 3 aromatic rings. The van der Waals surface area contributed by atoms with Gasteiger partial charge in [-0.1, -0.05) is 11.6 Å². The van der Waals surface area contributed by atoms with E-state index in [1.165, 1.54) is 29.2 Å². The van der Waals surface area contributed by atoms with E-state index in [0.29, 0.717) is 28.5 Å². The van der Waals surface area contributed by atoms with Crippen molar-refractivity contribution >= 4 is 27.3 Å². The Kier molecular flexibility index (Phi) is 5.66. The van der Waals surface area contributed by atoms with Gasteiger partial charge in [-0.2, -0.15) is 0 Å². The Bertz CT molecular complexity index is 1160. The molecule has 0 radical (unpaired) electrons. The topological polar surface area (TPSA) is 67.6 Å². The second-order valence-corrected chi connectivity index (χ2v) is 9.93. The van der Waals surface area contributed by atoms with E-state index in [4.69, 9.17) is 16.0 Å². The SMILES string of the molecule is O=C(c1ccc(F)cc1)N(Cc1ccc(-c2ccc(Cl)cc2)o1)[C@H]1CCS(=O)(=O)C1. The molecule has 0 saturated carbocycles. The Morgan fingerprint density at radius 1 is 1.07 bits per heavy atom. The van der Waals surface area contributed by atoms with Crippen LogP contribution in [0.2, 0.25) is 5.02 Å². The van der Waals surface area contributed by atoms with Crippen molar-refractivity contribution in [2.45, 2.75) is 19.0 Å². The van der Waals surface area contributed by atoms with Gasteiger partial charge >= 0.3 is 0 Å². The molecule has 0 spiro atoms. The van der Waals surface area contributed by atoms with Crippen LogP contribution in [0.5, 0.6) is 0 Å². The van der Waals surface area contributed by atoms with E-state index in [0.717, 1.165) is 5.56 Å². The minimum absolute atomic E-state index is 0.0407. The van der Waals surface area contributed by atoms with Gasteiger partial charge in [0.1, 0.15) is 17.3 Å². The van der Waals surface area contributed by atoms with Crippen LogP contribution in [0.25, 0.3) is 11.3 Å². The number of nitrogens with zero attached hydrogens (tertiary/aromatic N) is 1. The zero-order chi connectivity index (χ0) is 21.3. The van der Waals surface area contributed by atoms with Gasteiger partial charge in [0.15, 0.2) is 9.84 Å². The van der Waals surface area contributed by atoms with Crippen LogP contribution in [-0.2, 0) is 16.4 Å². The number of rotatable bonds is 5. The lowest BCUT2D eigenvalue weighted by atomic mass is 10.1. The molecule has 0 aliphatic carbocycles. The zero-order valence-electron chi connectivity index (χ0n) is 15.9. The summed E-state index contributed by atoms with van der Waals surface area (Å²) in [4.78, 5) is 14.6. The minimum Gasteiger partial charge on any atom is -0.459 e. The van der Waals surface area contributed by atoms with E-state index in [1.807, 2.05) is 12.1 Å². The van der Waals surface area contributed by atoms with Gasteiger partial charge in [-0.3, -0.25) is 4.79 Å². The van der Waals surface area contributed by atoms with Crippen LogP contribution in [0.1, 0.15) is 22.5 Å². The van der Waals surface area contributed by atoms with Gasteiger partial charge in [0.2, 0.25) is 0 Å². The minimum atomic E-state index is -3.19. The smallest absolute Gasteiger partial charge is 0.254 e. The summed E-state index contributed by atoms with van der Waals surface area (Å²) < 4.78 is 43.2. The summed E-state index contributed by atoms with van der Waals surface area (Å²) in [5, 5.41) is 0.615. The lowest BCUT2D eigenvalue weighted by Gasteiger charge is -2.27. The van der Waals surface area contributed by atoms with Gasteiger partial charge in [-0.05, 0) is 67.1 Å². The summed E-state index contributed by atoms with van der Waals surface area (Å²) in [6.07, 6.45) is 0.361. The molecule has 1 fully saturated rings. The number of furan rings is 1. The number of amides is 1. The van der Waals surface area contributed by atoms with Crippen molar-refractivity contribution < 1.29 is 22.0 Å². The summed E-state index contributed by atoms with van der Waals surface area (Å²) >= 11 is 5.92. The number of hydrogen-bond acceptors (Lipinski definition) is 4. The molecule has 5 nitrogen and oxygen atoms in total. The average molecular weight is 448 g/mol. The molecular formula is C22H19ClFNO4S. The van der Waals surface area contributed by atoms with Crippen LogP contribution in [0.4, 0.5) is 4.39 Å². The largest absolute Gasteiger partial charge is 0.459 e.